The van der Waals surface area contributed by atoms with Gasteiger partial charge >= 0.3 is 0 Å². The second kappa shape index (κ2) is 7.55. The van der Waals surface area contributed by atoms with Gasteiger partial charge in [0.25, 0.3) is 0 Å². The van der Waals surface area contributed by atoms with Crippen LogP contribution in [-0.2, 0) is 12.8 Å². The largest absolute Gasteiger partial charge is 0.507 e. The molecule has 0 unspecified atom stereocenters. The molecule has 0 saturated carbocycles. The van der Waals surface area contributed by atoms with Gasteiger partial charge in [0.1, 0.15) is 11.5 Å². The summed E-state index contributed by atoms with van der Waals surface area (Å²) in [5.41, 5.74) is 3.35. The van der Waals surface area contributed by atoms with Gasteiger partial charge in [0.2, 0.25) is 0 Å². The summed E-state index contributed by atoms with van der Waals surface area (Å²) in [5, 5.41) is 26.6. The van der Waals surface area contributed by atoms with Crippen LogP contribution in [0.25, 0.3) is 32.7 Å². The smallest absolute Gasteiger partial charge is 0.127 e. The molecule has 0 bridgehead atoms. The fraction of sp³-hybridized carbons (Fsp3) is 0.231. The van der Waals surface area contributed by atoms with E-state index in [0.29, 0.717) is 0 Å². The lowest BCUT2D eigenvalue weighted by Gasteiger charge is -2.19. The van der Waals surface area contributed by atoms with E-state index in [4.69, 9.17) is 0 Å². The third-order valence-electron chi connectivity index (χ3n) is 5.49. The van der Waals surface area contributed by atoms with E-state index in [1.165, 1.54) is 0 Å². The van der Waals surface area contributed by atoms with Crippen molar-refractivity contribution in [2.45, 2.75) is 39.5 Å². The SMILES string of the molecule is CCCc1cc2ccccc2c(-c2c(O)c(CCC)cc3ccccc23)c1O. The highest BCUT2D eigenvalue weighted by Gasteiger charge is 2.21. The van der Waals surface area contributed by atoms with E-state index in [9.17, 15) is 10.2 Å². The molecule has 0 heterocycles. The van der Waals surface area contributed by atoms with Crippen LogP contribution in [0.5, 0.6) is 11.5 Å². The molecule has 0 radical (unpaired) electrons. The lowest BCUT2D eigenvalue weighted by molar-refractivity contribution is 0.462. The summed E-state index contributed by atoms with van der Waals surface area (Å²) in [6.45, 7) is 4.23. The second-order valence-corrected chi connectivity index (χ2v) is 7.46. The Morgan fingerprint density at radius 1 is 0.607 bits per heavy atom. The Bertz CT molecular complexity index is 1060. The monoisotopic (exact) mass is 370 g/mol. The molecule has 0 atom stereocenters. The zero-order chi connectivity index (χ0) is 19.7. The molecule has 28 heavy (non-hydrogen) atoms. The highest BCUT2D eigenvalue weighted by molar-refractivity contribution is 6.10. The van der Waals surface area contributed by atoms with Crippen LogP contribution in [0, 0.1) is 0 Å². The Kier molecular flexibility index (Phi) is 4.95. The van der Waals surface area contributed by atoms with Crippen LogP contribution in [0.1, 0.15) is 37.8 Å². The van der Waals surface area contributed by atoms with E-state index in [2.05, 4.69) is 38.1 Å². The first kappa shape index (κ1) is 18.4. The van der Waals surface area contributed by atoms with Crippen LogP contribution in [0.15, 0.2) is 60.7 Å². The van der Waals surface area contributed by atoms with Crippen molar-refractivity contribution < 1.29 is 10.2 Å². The van der Waals surface area contributed by atoms with Gasteiger partial charge in [-0.3, -0.25) is 0 Å². The summed E-state index contributed by atoms with van der Waals surface area (Å²) in [5.74, 6) is 0.573. The minimum atomic E-state index is 0.287. The predicted octanol–water partition coefficient (Wildman–Crippen LogP) is 6.98. The second-order valence-electron chi connectivity index (χ2n) is 7.46. The molecule has 0 aliphatic heterocycles. The zero-order valence-electron chi connectivity index (χ0n) is 16.5. The minimum Gasteiger partial charge on any atom is -0.507 e. The standard InChI is InChI=1S/C26H26O2/c1-3-9-19-15-17-11-5-7-13-21(17)23(25(19)27)24-22-14-8-6-12-18(22)16-20(10-4-2)26(24)28/h5-8,11-16,27-28H,3-4,9-10H2,1-2H3. The van der Waals surface area contributed by atoms with Gasteiger partial charge in [-0.25, -0.2) is 0 Å². The molecule has 0 aliphatic carbocycles. The molecule has 0 spiro atoms. The summed E-state index contributed by atoms with van der Waals surface area (Å²) in [6.07, 6.45) is 3.51. The number of aromatic hydroxyl groups is 2. The maximum Gasteiger partial charge on any atom is 0.127 e. The summed E-state index contributed by atoms with van der Waals surface area (Å²) >= 11 is 0. The highest BCUT2D eigenvalue weighted by Crippen LogP contribution is 2.47. The average Bonchev–Trinajstić information content (AvgIpc) is 2.71. The van der Waals surface area contributed by atoms with Gasteiger partial charge in [-0.2, -0.15) is 0 Å². The number of hydrogen-bond donors (Lipinski definition) is 2. The third kappa shape index (κ3) is 2.99. The Hall–Kier alpha value is -3.00. The van der Waals surface area contributed by atoms with Gasteiger partial charge in [0, 0.05) is 11.1 Å². The zero-order valence-corrected chi connectivity index (χ0v) is 16.5. The van der Waals surface area contributed by atoms with Gasteiger partial charge < -0.3 is 10.2 Å². The quantitative estimate of drug-likeness (QED) is 0.398. The Morgan fingerprint density at radius 3 is 1.39 bits per heavy atom. The number of fused-ring (bicyclic) bond motifs is 2. The first-order valence-corrected chi connectivity index (χ1v) is 10.1. The molecular formula is C26H26O2. The van der Waals surface area contributed by atoms with E-state index >= 15 is 0 Å². The molecule has 0 aliphatic rings. The van der Waals surface area contributed by atoms with Crippen molar-refractivity contribution in [3.05, 3.63) is 71.8 Å². The Morgan fingerprint density at radius 2 is 1.00 bits per heavy atom. The number of rotatable bonds is 5. The van der Waals surface area contributed by atoms with Crippen molar-refractivity contribution in [3.63, 3.8) is 0 Å². The normalized spacial score (nSPS) is 11.4. The van der Waals surface area contributed by atoms with Gasteiger partial charge in [0.05, 0.1) is 0 Å². The number of aryl methyl sites for hydroxylation is 2. The topological polar surface area (TPSA) is 40.5 Å². The molecule has 2 nitrogen and oxygen atoms in total. The third-order valence-corrected chi connectivity index (χ3v) is 5.49. The summed E-state index contributed by atoms with van der Waals surface area (Å²) < 4.78 is 0. The Labute approximate surface area is 166 Å². The van der Waals surface area contributed by atoms with E-state index in [1.807, 2.05) is 36.4 Å². The van der Waals surface area contributed by atoms with E-state index in [0.717, 1.165) is 69.5 Å². The molecular weight excluding hydrogens is 344 g/mol. The summed E-state index contributed by atoms with van der Waals surface area (Å²) in [4.78, 5) is 0. The molecule has 4 aromatic rings. The molecule has 0 fully saturated rings. The minimum absolute atomic E-state index is 0.287. The number of benzene rings is 4. The molecule has 2 N–H and O–H groups in total. The van der Waals surface area contributed by atoms with Crippen LogP contribution >= 0.6 is 0 Å². The van der Waals surface area contributed by atoms with Crippen molar-refractivity contribution in [2.75, 3.05) is 0 Å². The predicted molar refractivity (Wildman–Crippen MR) is 118 cm³/mol. The van der Waals surface area contributed by atoms with E-state index in [1.54, 1.807) is 0 Å². The van der Waals surface area contributed by atoms with Crippen molar-refractivity contribution in [1.82, 2.24) is 0 Å². The summed E-state index contributed by atoms with van der Waals surface area (Å²) in [7, 11) is 0. The fourth-order valence-electron chi connectivity index (χ4n) is 4.22. The van der Waals surface area contributed by atoms with Crippen LogP contribution in [0.2, 0.25) is 0 Å². The molecule has 2 heteroatoms. The average molecular weight is 370 g/mol. The van der Waals surface area contributed by atoms with Crippen LogP contribution in [0.3, 0.4) is 0 Å². The highest BCUT2D eigenvalue weighted by atomic mass is 16.3. The lowest BCUT2D eigenvalue weighted by atomic mass is 9.87. The molecule has 0 aromatic heterocycles. The summed E-state index contributed by atoms with van der Waals surface area (Å²) in [6, 6.07) is 20.4. The van der Waals surface area contributed by atoms with Crippen LogP contribution in [0.4, 0.5) is 0 Å². The van der Waals surface area contributed by atoms with Gasteiger partial charge in [-0.1, -0.05) is 75.2 Å². The van der Waals surface area contributed by atoms with Gasteiger partial charge in [-0.15, -0.1) is 0 Å². The van der Waals surface area contributed by atoms with Crippen molar-refractivity contribution in [1.29, 1.82) is 0 Å². The van der Waals surface area contributed by atoms with Gasteiger partial charge in [0.15, 0.2) is 0 Å². The number of phenols is 2. The van der Waals surface area contributed by atoms with E-state index in [-0.39, 0.29) is 11.5 Å². The first-order chi connectivity index (χ1) is 13.7. The van der Waals surface area contributed by atoms with E-state index < -0.39 is 0 Å². The molecule has 0 amide bonds. The maximum atomic E-state index is 11.3. The van der Waals surface area contributed by atoms with Crippen molar-refractivity contribution in [2.24, 2.45) is 0 Å². The van der Waals surface area contributed by atoms with Crippen LogP contribution < -0.4 is 0 Å². The van der Waals surface area contributed by atoms with Gasteiger partial charge in [-0.05, 0) is 57.6 Å². The lowest BCUT2D eigenvalue weighted by Crippen LogP contribution is -1.95. The van der Waals surface area contributed by atoms with Crippen molar-refractivity contribution in [3.8, 4) is 22.6 Å². The molecule has 4 aromatic carbocycles. The fourth-order valence-corrected chi connectivity index (χ4v) is 4.22. The van der Waals surface area contributed by atoms with Crippen LogP contribution in [-0.4, -0.2) is 10.2 Å². The Balaban J connectivity index is 2.17. The molecule has 0 saturated heterocycles. The molecule has 142 valence electrons. The number of phenolic OH excluding ortho intramolecular Hbond substituents is 2. The maximum absolute atomic E-state index is 11.3. The molecule has 4 rings (SSSR count). The first-order valence-electron chi connectivity index (χ1n) is 10.1. The number of hydrogen-bond acceptors (Lipinski definition) is 2. The van der Waals surface area contributed by atoms with Crippen molar-refractivity contribution >= 4 is 21.5 Å².